The van der Waals surface area contributed by atoms with Crippen molar-refractivity contribution in [3.8, 4) is 0 Å². The van der Waals surface area contributed by atoms with Crippen molar-refractivity contribution < 1.29 is 27.9 Å². The minimum Gasteiger partial charge on any atom is -0.481 e. The third-order valence-corrected chi connectivity index (χ3v) is 3.23. The first-order valence-electron chi connectivity index (χ1n) is 5.68. The van der Waals surface area contributed by atoms with Gasteiger partial charge in [-0.1, -0.05) is 0 Å². The van der Waals surface area contributed by atoms with Gasteiger partial charge in [0, 0.05) is 26.5 Å². The maximum Gasteiger partial charge on any atom is 0.314 e. The summed E-state index contributed by atoms with van der Waals surface area (Å²) in [6, 6.07) is -0.485. The van der Waals surface area contributed by atoms with Crippen LogP contribution in [-0.2, 0) is 19.4 Å². The summed E-state index contributed by atoms with van der Waals surface area (Å²) >= 11 is 0. The van der Waals surface area contributed by atoms with E-state index in [4.69, 9.17) is 9.84 Å². The van der Waals surface area contributed by atoms with Crippen LogP contribution in [0, 0.1) is 0 Å². The molecule has 2 amide bonds. The lowest BCUT2D eigenvalue weighted by molar-refractivity contribution is -0.139. The van der Waals surface area contributed by atoms with E-state index < -0.39 is 27.9 Å². The van der Waals surface area contributed by atoms with Gasteiger partial charge >= 0.3 is 12.0 Å². The van der Waals surface area contributed by atoms with Gasteiger partial charge in [0.25, 0.3) is 0 Å². The fraction of sp³-hybridized carbons (Fsp3) is 0.800. The highest BCUT2D eigenvalue weighted by molar-refractivity contribution is 7.90. The standard InChI is InChI=1S/C10H20N2O6S/c1-18-8(6-9(13)14)7-12-10(15)11-4-3-5-19(2,16)17/h8H,3-7H2,1-2H3,(H,13,14)(H2,11,12,15). The molecule has 0 saturated heterocycles. The quantitative estimate of drug-likeness (QED) is 0.479. The Labute approximate surface area is 112 Å². The lowest BCUT2D eigenvalue weighted by Crippen LogP contribution is -2.41. The topological polar surface area (TPSA) is 122 Å². The Kier molecular flexibility index (Phi) is 8.08. The third kappa shape index (κ3) is 11.5. The SMILES string of the molecule is COC(CNC(=O)NCCCS(C)(=O)=O)CC(=O)O. The predicted octanol–water partition coefficient (Wildman–Crippen LogP) is -0.790. The van der Waals surface area contributed by atoms with Crippen LogP contribution in [0.15, 0.2) is 0 Å². The molecule has 0 aromatic carbocycles. The van der Waals surface area contributed by atoms with E-state index in [1.807, 2.05) is 0 Å². The van der Waals surface area contributed by atoms with Crippen LogP contribution in [0.4, 0.5) is 4.79 Å². The highest BCUT2D eigenvalue weighted by Gasteiger charge is 2.13. The second-order valence-corrected chi connectivity index (χ2v) is 6.34. The van der Waals surface area contributed by atoms with Gasteiger partial charge in [-0.25, -0.2) is 13.2 Å². The van der Waals surface area contributed by atoms with Gasteiger partial charge < -0.3 is 20.5 Å². The first kappa shape index (κ1) is 17.6. The Bertz CT molecular complexity index is 395. The minimum atomic E-state index is -3.02. The van der Waals surface area contributed by atoms with E-state index in [2.05, 4.69) is 10.6 Å². The first-order valence-corrected chi connectivity index (χ1v) is 7.74. The van der Waals surface area contributed by atoms with Crippen LogP contribution in [0.25, 0.3) is 0 Å². The van der Waals surface area contributed by atoms with Crippen molar-refractivity contribution in [1.82, 2.24) is 10.6 Å². The van der Waals surface area contributed by atoms with Gasteiger partial charge in [0.15, 0.2) is 0 Å². The molecule has 0 spiro atoms. The molecule has 19 heavy (non-hydrogen) atoms. The molecule has 0 fully saturated rings. The monoisotopic (exact) mass is 296 g/mol. The maximum absolute atomic E-state index is 11.3. The molecule has 9 heteroatoms. The summed E-state index contributed by atoms with van der Waals surface area (Å²) in [5.41, 5.74) is 0. The highest BCUT2D eigenvalue weighted by Crippen LogP contribution is 1.95. The number of nitrogens with one attached hydrogen (secondary N) is 2. The van der Waals surface area contributed by atoms with Crippen LogP contribution >= 0.6 is 0 Å². The summed E-state index contributed by atoms with van der Waals surface area (Å²) in [7, 11) is -1.66. The molecule has 0 saturated carbocycles. The number of carboxylic acid groups (broad SMARTS) is 1. The average molecular weight is 296 g/mol. The van der Waals surface area contributed by atoms with Crippen molar-refractivity contribution in [2.24, 2.45) is 0 Å². The number of hydrogen-bond donors (Lipinski definition) is 3. The van der Waals surface area contributed by atoms with Gasteiger partial charge in [-0.15, -0.1) is 0 Å². The number of methoxy groups -OCH3 is 1. The van der Waals surface area contributed by atoms with Crippen LogP contribution in [-0.4, -0.2) is 63.8 Å². The van der Waals surface area contributed by atoms with E-state index in [1.165, 1.54) is 7.11 Å². The van der Waals surface area contributed by atoms with Gasteiger partial charge in [0.1, 0.15) is 9.84 Å². The van der Waals surface area contributed by atoms with Crippen molar-refractivity contribution in [3.63, 3.8) is 0 Å². The number of ether oxygens (including phenoxy) is 1. The summed E-state index contributed by atoms with van der Waals surface area (Å²) in [6.45, 7) is 0.302. The Balaban J connectivity index is 3.77. The number of hydrogen-bond acceptors (Lipinski definition) is 5. The molecule has 0 aromatic heterocycles. The van der Waals surface area contributed by atoms with Crippen molar-refractivity contribution in [2.45, 2.75) is 18.9 Å². The zero-order chi connectivity index (χ0) is 14.9. The molecule has 0 radical (unpaired) electrons. The van der Waals surface area contributed by atoms with Gasteiger partial charge in [-0.2, -0.15) is 0 Å². The number of sulfone groups is 1. The van der Waals surface area contributed by atoms with Crippen LogP contribution in [0.3, 0.4) is 0 Å². The van der Waals surface area contributed by atoms with Gasteiger partial charge in [-0.3, -0.25) is 4.79 Å². The summed E-state index contributed by atoms with van der Waals surface area (Å²) in [5.74, 6) is -1.00. The number of carboxylic acids is 1. The lowest BCUT2D eigenvalue weighted by atomic mass is 10.2. The molecule has 3 N–H and O–H groups in total. The van der Waals surface area contributed by atoms with E-state index in [0.29, 0.717) is 6.42 Å². The second-order valence-electron chi connectivity index (χ2n) is 4.08. The molecule has 0 bridgehead atoms. The first-order chi connectivity index (χ1) is 8.74. The number of carbonyl (C=O) groups excluding carboxylic acids is 1. The summed E-state index contributed by atoms with van der Waals surface area (Å²) < 4.78 is 26.5. The largest absolute Gasteiger partial charge is 0.481 e. The van der Waals surface area contributed by atoms with E-state index in [9.17, 15) is 18.0 Å². The van der Waals surface area contributed by atoms with Crippen LogP contribution in [0.1, 0.15) is 12.8 Å². The summed E-state index contributed by atoms with van der Waals surface area (Å²) in [5, 5.41) is 13.5. The van der Waals surface area contributed by atoms with Crippen molar-refractivity contribution in [1.29, 1.82) is 0 Å². The second kappa shape index (κ2) is 8.70. The normalized spacial score (nSPS) is 12.7. The molecular formula is C10H20N2O6S. The van der Waals surface area contributed by atoms with E-state index >= 15 is 0 Å². The Morgan fingerprint density at radius 3 is 2.42 bits per heavy atom. The number of urea groups is 1. The molecular weight excluding hydrogens is 276 g/mol. The van der Waals surface area contributed by atoms with Crippen LogP contribution in [0.5, 0.6) is 0 Å². The molecule has 0 aliphatic carbocycles. The van der Waals surface area contributed by atoms with E-state index in [0.717, 1.165) is 6.26 Å². The van der Waals surface area contributed by atoms with Gasteiger partial charge in [0.2, 0.25) is 0 Å². The molecule has 0 heterocycles. The fourth-order valence-corrected chi connectivity index (χ4v) is 1.91. The molecule has 0 aromatic rings. The molecule has 0 aliphatic heterocycles. The summed E-state index contributed by atoms with van der Waals surface area (Å²) in [6.07, 6.45) is 0.654. The number of amides is 2. The Morgan fingerprint density at radius 2 is 1.95 bits per heavy atom. The van der Waals surface area contributed by atoms with Crippen molar-refractivity contribution in [3.05, 3.63) is 0 Å². The Morgan fingerprint density at radius 1 is 1.32 bits per heavy atom. The fourth-order valence-electron chi connectivity index (χ4n) is 1.24. The highest BCUT2D eigenvalue weighted by atomic mass is 32.2. The lowest BCUT2D eigenvalue weighted by Gasteiger charge is -2.14. The number of aliphatic carboxylic acids is 1. The maximum atomic E-state index is 11.3. The van der Waals surface area contributed by atoms with Gasteiger partial charge in [-0.05, 0) is 6.42 Å². The smallest absolute Gasteiger partial charge is 0.314 e. The van der Waals surface area contributed by atoms with E-state index in [-0.39, 0.29) is 25.3 Å². The zero-order valence-electron chi connectivity index (χ0n) is 11.0. The van der Waals surface area contributed by atoms with Gasteiger partial charge in [0.05, 0.1) is 18.3 Å². The van der Waals surface area contributed by atoms with Crippen molar-refractivity contribution >= 4 is 21.8 Å². The number of rotatable bonds is 9. The molecule has 0 aliphatic rings. The molecule has 112 valence electrons. The Hall–Kier alpha value is -1.35. The molecule has 1 unspecified atom stereocenters. The minimum absolute atomic E-state index is 0.00693. The number of carbonyl (C=O) groups is 2. The van der Waals surface area contributed by atoms with Crippen molar-refractivity contribution in [2.75, 3.05) is 32.2 Å². The van der Waals surface area contributed by atoms with Crippen LogP contribution < -0.4 is 10.6 Å². The van der Waals surface area contributed by atoms with Crippen LogP contribution in [0.2, 0.25) is 0 Å². The summed E-state index contributed by atoms with van der Waals surface area (Å²) in [4.78, 5) is 21.8. The average Bonchev–Trinajstić information content (AvgIpc) is 2.28. The molecule has 0 rings (SSSR count). The third-order valence-electron chi connectivity index (χ3n) is 2.20. The zero-order valence-corrected chi connectivity index (χ0v) is 11.8. The molecule has 8 nitrogen and oxygen atoms in total. The van der Waals surface area contributed by atoms with E-state index in [1.54, 1.807) is 0 Å². The predicted molar refractivity (Wildman–Crippen MR) is 68.8 cm³/mol. The molecule has 1 atom stereocenters.